The van der Waals surface area contributed by atoms with E-state index in [-0.39, 0.29) is 12.3 Å². The van der Waals surface area contributed by atoms with E-state index in [9.17, 15) is 14.7 Å². The van der Waals surface area contributed by atoms with Crippen LogP contribution in [0.1, 0.15) is 38.1 Å². The Balaban J connectivity index is 2.13. The first-order valence-corrected chi connectivity index (χ1v) is 7.88. The van der Waals surface area contributed by atoms with Crippen molar-refractivity contribution in [1.82, 2.24) is 20.3 Å². The van der Waals surface area contributed by atoms with Crippen molar-refractivity contribution in [2.75, 3.05) is 0 Å². The van der Waals surface area contributed by atoms with Crippen molar-refractivity contribution in [3.8, 4) is 5.69 Å². The number of hydrogen-bond donors (Lipinski definition) is 2. The summed E-state index contributed by atoms with van der Waals surface area (Å²) in [6.07, 6.45) is 1.02. The predicted molar refractivity (Wildman–Crippen MR) is 88.9 cm³/mol. The van der Waals surface area contributed by atoms with Gasteiger partial charge in [-0.2, -0.15) is 0 Å². The van der Waals surface area contributed by atoms with Crippen molar-refractivity contribution >= 4 is 11.9 Å². The normalized spacial score (nSPS) is 13.3. The summed E-state index contributed by atoms with van der Waals surface area (Å²) >= 11 is 0. The summed E-state index contributed by atoms with van der Waals surface area (Å²) < 4.78 is 1.66. The number of carboxylic acids is 1. The number of aliphatic carboxylic acids is 1. The van der Waals surface area contributed by atoms with E-state index in [0.717, 1.165) is 11.4 Å². The first kappa shape index (κ1) is 17.7. The number of nitrogens with zero attached hydrogens (tertiary/aromatic N) is 3. The molecule has 0 fully saturated rings. The number of carboxylic acid groups (broad SMARTS) is 1. The maximum Gasteiger partial charge on any atom is 0.329 e. The van der Waals surface area contributed by atoms with Crippen LogP contribution < -0.4 is 5.32 Å². The minimum Gasteiger partial charge on any atom is -0.480 e. The van der Waals surface area contributed by atoms with Crippen LogP contribution in [0.4, 0.5) is 0 Å². The smallest absolute Gasteiger partial charge is 0.329 e. The highest BCUT2D eigenvalue weighted by Crippen LogP contribution is 2.15. The molecule has 0 bridgehead atoms. The Morgan fingerprint density at radius 2 is 1.96 bits per heavy atom. The van der Waals surface area contributed by atoms with Crippen LogP contribution in [-0.4, -0.2) is 37.5 Å². The topological polar surface area (TPSA) is 97.1 Å². The molecule has 1 unspecified atom stereocenters. The number of amides is 1. The molecule has 0 radical (unpaired) electrons. The first-order chi connectivity index (χ1) is 11.4. The van der Waals surface area contributed by atoms with Gasteiger partial charge in [-0.3, -0.25) is 4.79 Å². The summed E-state index contributed by atoms with van der Waals surface area (Å²) in [6.45, 7) is 5.23. The molecule has 1 amide bonds. The lowest BCUT2D eigenvalue weighted by atomic mass is 9.96. The standard InChI is InChI=1S/C17H22N4O3/c1-4-10-17(3,16(23)24)18-15(22)11-14-12(2)21(20-19-14)13-8-6-5-7-9-13/h5-9H,4,10-11H2,1-3H3,(H,18,22)(H,23,24). The molecule has 1 heterocycles. The molecule has 7 nitrogen and oxygen atoms in total. The average Bonchev–Trinajstić information content (AvgIpc) is 2.89. The molecule has 0 aliphatic heterocycles. The van der Waals surface area contributed by atoms with Crippen molar-refractivity contribution in [2.24, 2.45) is 0 Å². The molecule has 1 atom stereocenters. The summed E-state index contributed by atoms with van der Waals surface area (Å²) in [5, 5.41) is 20.1. The SMILES string of the molecule is CCCC(C)(NC(=O)Cc1nnn(-c2ccccc2)c1C)C(=O)O. The second kappa shape index (κ2) is 7.25. The molecule has 2 aromatic rings. The fraction of sp³-hybridized carbons (Fsp3) is 0.412. The quantitative estimate of drug-likeness (QED) is 0.808. The molecule has 0 saturated heterocycles. The lowest BCUT2D eigenvalue weighted by Crippen LogP contribution is -2.52. The fourth-order valence-corrected chi connectivity index (χ4v) is 2.57. The molecule has 1 aromatic heterocycles. The molecule has 0 aliphatic rings. The number of nitrogens with one attached hydrogen (secondary N) is 1. The van der Waals surface area contributed by atoms with E-state index in [4.69, 9.17) is 0 Å². The van der Waals surface area contributed by atoms with Crippen LogP contribution in [0.25, 0.3) is 5.69 Å². The van der Waals surface area contributed by atoms with Crippen LogP contribution in [0, 0.1) is 6.92 Å². The van der Waals surface area contributed by atoms with Crippen molar-refractivity contribution in [1.29, 1.82) is 0 Å². The van der Waals surface area contributed by atoms with Crippen LogP contribution in [0.15, 0.2) is 30.3 Å². The van der Waals surface area contributed by atoms with E-state index < -0.39 is 11.5 Å². The maximum atomic E-state index is 12.3. The van der Waals surface area contributed by atoms with Gasteiger partial charge >= 0.3 is 5.97 Å². The fourth-order valence-electron chi connectivity index (χ4n) is 2.57. The summed E-state index contributed by atoms with van der Waals surface area (Å²) in [5.74, 6) is -1.42. The monoisotopic (exact) mass is 330 g/mol. The van der Waals surface area contributed by atoms with Crippen LogP contribution in [-0.2, 0) is 16.0 Å². The molecule has 128 valence electrons. The van der Waals surface area contributed by atoms with E-state index >= 15 is 0 Å². The molecule has 1 aromatic carbocycles. The Hall–Kier alpha value is -2.70. The summed E-state index contributed by atoms with van der Waals surface area (Å²) in [5.41, 5.74) is 0.870. The van der Waals surface area contributed by atoms with Gasteiger partial charge in [-0.15, -0.1) is 5.10 Å². The van der Waals surface area contributed by atoms with Gasteiger partial charge in [-0.1, -0.05) is 36.8 Å². The molecule has 0 saturated carbocycles. The largest absolute Gasteiger partial charge is 0.480 e. The van der Waals surface area contributed by atoms with Gasteiger partial charge in [0.2, 0.25) is 5.91 Å². The molecular formula is C17H22N4O3. The first-order valence-electron chi connectivity index (χ1n) is 7.88. The lowest BCUT2D eigenvalue weighted by molar-refractivity contribution is -0.147. The van der Waals surface area contributed by atoms with Gasteiger partial charge in [0.25, 0.3) is 0 Å². The molecular weight excluding hydrogens is 308 g/mol. The van der Waals surface area contributed by atoms with Crippen molar-refractivity contribution in [3.63, 3.8) is 0 Å². The third-order valence-electron chi connectivity index (χ3n) is 3.96. The van der Waals surface area contributed by atoms with E-state index in [1.807, 2.05) is 44.2 Å². The van der Waals surface area contributed by atoms with Gasteiger partial charge in [0.05, 0.1) is 23.5 Å². The highest BCUT2D eigenvalue weighted by molar-refractivity contribution is 5.87. The predicted octanol–water partition coefficient (Wildman–Crippen LogP) is 1.88. The Morgan fingerprint density at radius 3 is 2.54 bits per heavy atom. The number of benzene rings is 1. The van der Waals surface area contributed by atoms with E-state index in [2.05, 4.69) is 15.6 Å². The minimum absolute atomic E-state index is 0.00868. The van der Waals surface area contributed by atoms with E-state index in [1.165, 1.54) is 6.92 Å². The van der Waals surface area contributed by atoms with Crippen molar-refractivity contribution in [3.05, 3.63) is 41.7 Å². The third kappa shape index (κ3) is 3.79. The van der Waals surface area contributed by atoms with E-state index in [1.54, 1.807) is 4.68 Å². The molecule has 24 heavy (non-hydrogen) atoms. The summed E-state index contributed by atoms with van der Waals surface area (Å²) in [7, 11) is 0. The summed E-state index contributed by atoms with van der Waals surface area (Å²) in [6, 6.07) is 9.49. The second-order valence-corrected chi connectivity index (χ2v) is 5.98. The molecule has 2 N–H and O–H groups in total. The van der Waals surface area contributed by atoms with Gasteiger partial charge in [0.1, 0.15) is 5.54 Å². The maximum absolute atomic E-state index is 12.3. The number of hydrogen-bond acceptors (Lipinski definition) is 4. The number of para-hydroxylation sites is 1. The highest BCUT2D eigenvalue weighted by Gasteiger charge is 2.34. The Kier molecular flexibility index (Phi) is 5.33. The van der Waals surface area contributed by atoms with E-state index in [0.29, 0.717) is 18.5 Å². The number of carbonyl (C=O) groups excluding carboxylic acids is 1. The third-order valence-corrected chi connectivity index (χ3v) is 3.96. The van der Waals surface area contributed by atoms with Crippen molar-refractivity contribution in [2.45, 2.75) is 45.6 Å². The Morgan fingerprint density at radius 1 is 1.29 bits per heavy atom. The molecule has 0 spiro atoms. The zero-order valence-corrected chi connectivity index (χ0v) is 14.1. The van der Waals surface area contributed by atoms with Gasteiger partial charge in [-0.25, -0.2) is 9.48 Å². The number of aromatic nitrogens is 3. The van der Waals surface area contributed by atoms with Gasteiger partial charge < -0.3 is 10.4 Å². The van der Waals surface area contributed by atoms with Crippen LogP contribution in [0.2, 0.25) is 0 Å². The van der Waals surface area contributed by atoms with Gasteiger partial charge in [0, 0.05) is 0 Å². The number of rotatable bonds is 7. The average molecular weight is 330 g/mol. The van der Waals surface area contributed by atoms with Crippen LogP contribution in [0.3, 0.4) is 0 Å². The van der Waals surface area contributed by atoms with Crippen LogP contribution >= 0.6 is 0 Å². The lowest BCUT2D eigenvalue weighted by Gasteiger charge is -2.25. The molecule has 2 rings (SSSR count). The highest BCUT2D eigenvalue weighted by atomic mass is 16.4. The number of carbonyl (C=O) groups is 2. The summed E-state index contributed by atoms with van der Waals surface area (Å²) in [4.78, 5) is 23.7. The Bertz CT molecular complexity index is 727. The molecule has 0 aliphatic carbocycles. The van der Waals surface area contributed by atoms with Gasteiger partial charge in [0.15, 0.2) is 0 Å². The molecule has 7 heteroatoms. The van der Waals surface area contributed by atoms with Gasteiger partial charge in [-0.05, 0) is 32.4 Å². The zero-order chi connectivity index (χ0) is 17.7. The Labute approximate surface area is 140 Å². The van der Waals surface area contributed by atoms with Crippen molar-refractivity contribution < 1.29 is 14.7 Å². The minimum atomic E-state index is -1.27. The second-order valence-electron chi connectivity index (χ2n) is 5.98. The zero-order valence-electron chi connectivity index (χ0n) is 14.1. The van der Waals surface area contributed by atoms with Crippen LogP contribution in [0.5, 0.6) is 0 Å².